The Morgan fingerprint density at radius 1 is 0.600 bits per heavy atom. The molecular formula is C31H25N2OPt-. The summed E-state index contributed by atoms with van der Waals surface area (Å²) in [6.45, 7) is 4.39. The quantitative estimate of drug-likeness (QED) is 0.206. The molecule has 5 aromatic rings. The van der Waals surface area contributed by atoms with Gasteiger partial charge in [-0.1, -0.05) is 91.7 Å². The van der Waals surface area contributed by atoms with Crippen molar-refractivity contribution >= 4 is 0 Å². The van der Waals surface area contributed by atoms with Gasteiger partial charge in [-0.15, -0.1) is 24.3 Å². The van der Waals surface area contributed by atoms with E-state index in [2.05, 4.69) is 56.3 Å². The standard InChI is InChI=1S/C31H25N2O.Pt/c1-31(2,24-13-4-3-5-14-24)30-20-10-17-27(33-30)23-12-8-11-22(21-23)26-16-9-18-28(32-26)25-15-6-7-19-29(25)34;/h3-20,34H,1-2H3;/q-1;. The summed E-state index contributed by atoms with van der Waals surface area (Å²) >= 11 is 0. The molecule has 0 aliphatic rings. The van der Waals surface area contributed by atoms with Crippen LogP contribution in [0, 0.1) is 6.07 Å². The topological polar surface area (TPSA) is 46.0 Å². The predicted octanol–water partition coefficient (Wildman–Crippen LogP) is 7.31. The third-order valence-corrected chi connectivity index (χ3v) is 6.16. The minimum atomic E-state index is -0.220. The van der Waals surface area contributed by atoms with Gasteiger partial charge in [0, 0.05) is 49.1 Å². The molecule has 2 aromatic heterocycles. The molecule has 0 atom stereocenters. The van der Waals surface area contributed by atoms with E-state index in [0.29, 0.717) is 5.56 Å². The van der Waals surface area contributed by atoms with Crippen molar-refractivity contribution in [2.75, 3.05) is 0 Å². The normalized spacial score (nSPS) is 11.0. The van der Waals surface area contributed by atoms with Gasteiger partial charge in [-0.25, -0.2) is 0 Å². The predicted molar refractivity (Wildman–Crippen MR) is 137 cm³/mol. The zero-order valence-corrected chi connectivity index (χ0v) is 21.8. The van der Waals surface area contributed by atoms with Crippen molar-refractivity contribution in [2.45, 2.75) is 19.3 Å². The molecule has 2 heterocycles. The third kappa shape index (κ3) is 5.11. The van der Waals surface area contributed by atoms with Gasteiger partial charge in [-0.05, 0) is 29.8 Å². The van der Waals surface area contributed by atoms with Crippen LogP contribution in [0.5, 0.6) is 5.75 Å². The van der Waals surface area contributed by atoms with Gasteiger partial charge >= 0.3 is 0 Å². The fraction of sp³-hybridized carbons (Fsp3) is 0.0968. The van der Waals surface area contributed by atoms with Crippen molar-refractivity contribution in [1.29, 1.82) is 0 Å². The molecule has 0 bridgehead atoms. The summed E-state index contributed by atoms with van der Waals surface area (Å²) in [5.74, 6) is 0.215. The Morgan fingerprint density at radius 3 is 1.89 bits per heavy atom. The van der Waals surface area contributed by atoms with Gasteiger partial charge in [-0.2, -0.15) is 0 Å². The number of phenols is 1. The molecule has 0 aliphatic heterocycles. The largest absolute Gasteiger partial charge is 0.507 e. The van der Waals surface area contributed by atoms with E-state index >= 15 is 0 Å². The average Bonchev–Trinajstić information content (AvgIpc) is 2.90. The fourth-order valence-electron chi connectivity index (χ4n) is 4.13. The molecule has 0 radical (unpaired) electrons. The van der Waals surface area contributed by atoms with Crippen LogP contribution >= 0.6 is 0 Å². The maximum absolute atomic E-state index is 10.2. The van der Waals surface area contributed by atoms with Crippen LogP contribution in [0.15, 0.2) is 109 Å². The van der Waals surface area contributed by atoms with E-state index < -0.39 is 0 Å². The second kappa shape index (κ2) is 10.4. The molecule has 0 amide bonds. The van der Waals surface area contributed by atoms with Gasteiger partial charge in [0.15, 0.2) is 0 Å². The number of benzene rings is 3. The molecule has 0 spiro atoms. The van der Waals surface area contributed by atoms with E-state index in [1.165, 1.54) is 5.56 Å². The van der Waals surface area contributed by atoms with Crippen molar-refractivity contribution in [2.24, 2.45) is 0 Å². The van der Waals surface area contributed by atoms with Gasteiger partial charge in [0.2, 0.25) is 0 Å². The third-order valence-electron chi connectivity index (χ3n) is 6.16. The molecule has 0 aliphatic carbocycles. The van der Waals surface area contributed by atoms with Crippen LogP contribution in [0.1, 0.15) is 25.1 Å². The van der Waals surface area contributed by atoms with Crippen LogP contribution in [-0.2, 0) is 26.5 Å². The smallest absolute Gasteiger partial charge is 0.124 e. The van der Waals surface area contributed by atoms with Crippen LogP contribution in [0.25, 0.3) is 33.8 Å². The summed E-state index contributed by atoms with van der Waals surface area (Å²) < 4.78 is 0. The van der Waals surface area contributed by atoms with Gasteiger partial charge in [0.05, 0.1) is 5.69 Å². The van der Waals surface area contributed by atoms with Crippen LogP contribution in [0.2, 0.25) is 0 Å². The zero-order valence-electron chi connectivity index (χ0n) is 19.6. The second-order valence-electron chi connectivity index (χ2n) is 8.80. The minimum Gasteiger partial charge on any atom is -0.507 e. The van der Waals surface area contributed by atoms with E-state index in [4.69, 9.17) is 9.97 Å². The Morgan fingerprint density at radius 2 is 1.17 bits per heavy atom. The summed E-state index contributed by atoms with van der Waals surface area (Å²) in [7, 11) is 0. The number of phenolic OH excluding ortho intramolecular Hbond substituents is 1. The molecule has 3 aromatic carbocycles. The summed E-state index contributed by atoms with van der Waals surface area (Å²) in [6, 6.07) is 39.2. The number of pyridine rings is 2. The van der Waals surface area contributed by atoms with Crippen molar-refractivity contribution < 1.29 is 26.2 Å². The molecule has 35 heavy (non-hydrogen) atoms. The summed E-state index contributed by atoms with van der Waals surface area (Å²) in [5.41, 5.74) is 6.91. The first-order valence-corrected chi connectivity index (χ1v) is 11.3. The van der Waals surface area contributed by atoms with Crippen LogP contribution in [0.3, 0.4) is 0 Å². The molecule has 3 nitrogen and oxygen atoms in total. The van der Waals surface area contributed by atoms with E-state index in [0.717, 1.165) is 33.9 Å². The molecule has 0 saturated carbocycles. The van der Waals surface area contributed by atoms with Gasteiger partial charge in [0.25, 0.3) is 0 Å². The summed E-state index contributed by atoms with van der Waals surface area (Å²) in [4.78, 5) is 9.81. The number of aromatic hydroxyl groups is 1. The first-order valence-electron chi connectivity index (χ1n) is 11.3. The minimum absolute atomic E-state index is 0. The van der Waals surface area contributed by atoms with Crippen molar-refractivity contribution in [3.05, 3.63) is 127 Å². The van der Waals surface area contributed by atoms with E-state index in [-0.39, 0.29) is 32.2 Å². The van der Waals surface area contributed by atoms with Gasteiger partial charge in [0.1, 0.15) is 5.75 Å². The first-order chi connectivity index (χ1) is 16.5. The van der Waals surface area contributed by atoms with Crippen LogP contribution in [0.4, 0.5) is 0 Å². The molecular weight excluding hydrogens is 611 g/mol. The van der Waals surface area contributed by atoms with Crippen LogP contribution < -0.4 is 0 Å². The maximum atomic E-state index is 10.2. The summed E-state index contributed by atoms with van der Waals surface area (Å²) in [5, 5.41) is 10.2. The van der Waals surface area contributed by atoms with Crippen molar-refractivity contribution in [1.82, 2.24) is 9.97 Å². The van der Waals surface area contributed by atoms with Crippen molar-refractivity contribution in [3.8, 4) is 39.5 Å². The van der Waals surface area contributed by atoms with Crippen molar-refractivity contribution in [3.63, 3.8) is 0 Å². The molecule has 1 N–H and O–H groups in total. The van der Waals surface area contributed by atoms with Crippen LogP contribution in [-0.4, -0.2) is 15.1 Å². The zero-order chi connectivity index (χ0) is 23.5. The number of aromatic nitrogens is 2. The molecule has 5 rings (SSSR count). The number of rotatable bonds is 5. The van der Waals surface area contributed by atoms with E-state index in [9.17, 15) is 5.11 Å². The SMILES string of the molecule is CC(C)(c1ccccc1)c1cccc(-c2[c-]c(-c3cccc(-c4ccccc4O)n3)ccc2)n1.[Pt]. The molecule has 4 heteroatoms. The molecule has 0 saturated heterocycles. The Kier molecular flexibility index (Phi) is 7.28. The maximum Gasteiger partial charge on any atom is 0.124 e. The number of para-hydroxylation sites is 1. The fourth-order valence-corrected chi connectivity index (χ4v) is 4.13. The average molecular weight is 637 g/mol. The molecule has 0 fully saturated rings. The molecule has 0 unspecified atom stereocenters. The Balaban J connectivity index is 0.00000289. The number of nitrogens with zero attached hydrogens (tertiary/aromatic N) is 2. The summed E-state index contributed by atoms with van der Waals surface area (Å²) in [6.07, 6.45) is 0. The van der Waals surface area contributed by atoms with E-state index in [1.807, 2.05) is 60.7 Å². The Bertz CT molecular complexity index is 1450. The second-order valence-corrected chi connectivity index (χ2v) is 8.80. The van der Waals surface area contributed by atoms with Gasteiger partial charge in [-0.3, -0.25) is 9.97 Å². The Labute approximate surface area is 220 Å². The first kappa shape index (κ1) is 24.6. The number of hydrogen-bond acceptors (Lipinski definition) is 3. The van der Waals surface area contributed by atoms with E-state index in [1.54, 1.807) is 12.1 Å². The molecule has 176 valence electrons. The number of hydrogen-bond donors (Lipinski definition) is 1. The van der Waals surface area contributed by atoms with Gasteiger partial charge < -0.3 is 5.11 Å². The monoisotopic (exact) mass is 636 g/mol. The Hall–Kier alpha value is -3.55.